The molecule has 0 atom stereocenters. The number of hydrogen-bond acceptors (Lipinski definition) is 0. The molecule has 0 heteroatoms. The number of rotatable bonds is 3. The highest BCUT2D eigenvalue weighted by molar-refractivity contribution is 5.04. The summed E-state index contributed by atoms with van der Waals surface area (Å²) in [5.41, 5.74) is 1.52. The van der Waals surface area contributed by atoms with E-state index in [0.717, 1.165) is 6.42 Å². The summed E-state index contributed by atoms with van der Waals surface area (Å²) in [5.74, 6) is 0. The summed E-state index contributed by atoms with van der Waals surface area (Å²) in [4.78, 5) is 0. The van der Waals surface area contributed by atoms with Gasteiger partial charge >= 0.3 is 0 Å². The van der Waals surface area contributed by atoms with Gasteiger partial charge in [0, 0.05) is 0 Å². The molecular formula is C11H22. The van der Waals surface area contributed by atoms with E-state index < -0.39 is 0 Å². The topological polar surface area (TPSA) is 0 Å². The Morgan fingerprint density at radius 1 is 1.18 bits per heavy atom. The lowest BCUT2D eigenvalue weighted by Gasteiger charge is -1.95. The molecule has 0 fully saturated rings. The van der Waals surface area contributed by atoms with Crippen molar-refractivity contribution in [2.75, 3.05) is 0 Å². The molecule has 0 saturated heterocycles. The highest BCUT2D eigenvalue weighted by Crippen LogP contribution is 2.05. The summed E-state index contributed by atoms with van der Waals surface area (Å²) >= 11 is 0. The van der Waals surface area contributed by atoms with Crippen LogP contribution < -0.4 is 0 Å². The van der Waals surface area contributed by atoms with E-state index in [4.69, 9.17) is 0 Å². The third-order valence-electron chi connectivity index (χ3n) is 1.48. The van der Waals surface area contributed by atoms with Crippen molar-refractivity contribution < 1.29 is 0 Å². The normalized spacial score (nSPS) is 11.2. The molecule has 0 aliphatic carbocycles. The lowest BCUT2D eigenvalue weighted by atomic mass is 10.1. The van der Waals surface area contributed by atoms with E-state index in [1.807, 2.05) is 13.8 Å². The summed E-state index contributed by atoms with van der Waals surface area (Å²) in [7, 11) is 0. The molecule has 0 aliphatic rings. The molecule has 11 heavy (non-hydrogen) atoms. The molecule has 0 amide bonds. The van der Waals surface area contributed by atoms with Gasteiger partial charge in [0.2, 0.25) is 0 Å². The monoisotopic (exact) mass is 154 g/mol. The Labute approximate surface area is 72.0 Å². The van der Waals surface area contributed by atoms with Gasteiger partial charge in [-0.15, -0.1) is 0 Å². The summed E-state index contributed by atoms with van der Waals surface area (Å²) in [6, 6.07) is 0. The quantitative estimate of drug-likeness (QED) is 0.531. The lowest BCUT2D eigenvalue weighted by Crippen LogP contribution is -1.75. The zero-order valence-electron chi connectivity index (χ0n) is 8.65. The Kier molecular flexibility index (Phi) is 14.5. The van der Waals surface area contributed by atoms with Gasteiger partial charge in [-0.2, -0.15) is 0 Å². The number of hydrogen-bond donors (Lipinski definition) is 0. The van der Waals surface area contributed by atoms with Crippen molar-refractivity contribution in [3.63, 3.8) is 0 Å². The van der Waals surface area contributed by atoms with Gasteiger partial charge < -0.3 is 0 Å². The van der Waals surface area contributed by atoms with Gasteiger partial charge in [-0.1, -0.05) is 44.6 Å². The Balaban J connectivity index is 0. The van der Waals surface area contributed by atoms with Crippen LogP contribution >= 0.6 is 0 Å². The zero-order chi connectivity index (χ0) is 9.11. The van der Waals surface area contributed by atoms with E-state index in [2.05, 4.69) is 39.0 Å². The molecule has 0 N–H and O–H groups in total. The van der Waals surface area contributed by atoms with E-state index in [1.165, 1.54) is 12.0 Å². The molecule has 0 bridgehead atoms. The fourth-order valence-corrected chi connectivity index (χ4v) is 0.736. The van der Waals surface area contributed by atoms with Crippen LogP contribution in [-0.4, -0.2) is 0 Å². The van der Waals surface area contributed by atoms with E-state index in [-0.39, 0.29) is 0 Å². The van der Waals surface area contributed by atoms with E-state index in [0.29, 0.717) is 0 Å². The van der Waals surface area contributed by atoms with Crippen molar-refractivity contribution in [2.45, 2.75) is 47.5 Å². The van der Waals surface area contributed by atoms with Crippen LogP contribution in [0.25, 0.3) is 0 Å². The standard InChI is InChI=1S/C9H16.C2H6/c1-4-7-8-9(5-2)6-3;1-2/h4-5,7H,6,8H2,1-3H3;1-2H3/b7-4-,9-5-;. The molecule has 0 spiro atoms. The largest absolute Gasteiger partial charge is 0.0913 e. The fraction of sp³-hybridized carbons (Fsp3) is 0.636. The van der Waals surface area contributed by atoms with Gasteiger partial charge in [0.15, 0.2) is 0 Å². The zero-order valence-corrected chi connectivity index (χ0v) is 8.65. The second kappa shape index (κ2) is 12.2. The molecule has 0 unspecified atom stereocenters. The van der Waals surface area contributed by atoms with Crippen molar-refractivity contribution in [3.05, 3.63) is 23.8 Å². The molecular weight excluding hydrogens is 132 g/mol. The van der Waals surface area contributed by atoms with Gasteiger partial charge in [-0.05, 0) is 26.7 Å². The maximum Gasteiger partial charge on any atom is -0.0139 e. The Bertz CT molecular complexity index is 107. The Hall–Kier alpha value is -0.520. The molecule has 0 heterocycles. The minimum Gasteiger partial charge on any atom is -0.0913 e. The van der Waals surface area contributed by atoms with E-state index >= 15 is 0 Å². The smallest absolute Gasteiger partial charge is 0.0139 e. The first-order chi connectivity index (χ1) is 5.35. The van der Waals surface area contributed by atoms with Gasteiger partial charge in [-0.25, -0.2) is 0 Å². The minimum absolute atomic E-state index is 1.13. The lowest BCUT2D eigenvalue weighted by molar-refractivity contribution is 1.02. The molecule has 0 nitrogen and oxygen atoms in total. The minimum atomic E-state index is 1.13. The van der Waals surface area contributed by atoms with Gasteiger partial charge in [0.1, 0.15) is 0 Å². The molecule has 0 aromatic rings. The third kappa shape index (κ3) is 9.48. The van der Waals surface area contributed by atoms with E-state index in [9.17, 15) is 0 Å². The fourth-order valence-electron chi connectivity index (χ4n) is 0.736. The average Bonchev–Trinajstić information content (AvgIpc) is 2.10. The molecule has 0 aromatic heterocycles. The first-order valence-corrected chi connectivity index (χ1v) is 4.60. The van der Waals surface area contributed by atoms with Gasteiger partial charge in [0.25, 0.3) is 0 Å². The SMILES string of the molecule is C/C=C\C/C(=C\C)CC.CC. The molecule has 0 saturated carbocycles. The van der Waals surface area contributed by atoms with Gasteiger partial charge in [0.05, 0.1) is 0 Å². The predicted molar refractivity (Wildman–Crippen MR) is 54.8 cm³/mol. The van der Waals surface area contributed by atoms with Crippen LogP contribution in [0.2, 0.25) is 0 Å². The summed E-state index contributed by atoms with van der Waals surface area (Å²) < 4.78 is 0. The first-order valence-electron chi connectivity index (χ1n) is 4.60. The third-order valence-corrected chi connectivity index (χ3v) is 1.48. The first kappa shape index (κ1) is 13.1. The van der Waals surface area contributed by atoms with Gasteiger partial charge in [-0.3, -0.25) is 0 Å². The molecule has 0 aromatic carbocycles. The van der Waals surface area contributed by atoms with Crippen molar-refractivity contribution in [2.24, 2.45) is 0 Å². The summed E-state index contributed by atoms with van der Waals surface area (Å²) in [6.45, 7) is 10.4. The van der Waals surface area contributed by atoms with Crippen LogP contribution in [0, 0.1) is 0 Å². The average molecular weight is 154 g/mol. The van der Waals surface area contributed by atoms with E-state index in [1.54, 1.807) is 0 Å². The molecule has 0 rings (SSSR count). The Morgan fingerprint density at radius 2 is 1.73 bits per heavy atom. The van der Waals surface area contributed by atoms with Crippen LogP contribution in [-0.2, 0) is 0 Å². The highest BCUT2D eigenvalue weighted by atomic mass is 13.9. The molecule has 66 valence electrons. The molecule has 0 radical (unpaired) electrons. The second-order valence-electron chi connectivity index (χ2n) is 2.07. The Morgan fingerprint density at radius 3 is 2.00 bits per heavy atom. The van der Waals surface area contributed by atoms with Crippen LogP contribution in [0.1, 0.15) is 47.5 Å². The van der Waals surface area contributed by atoms with Crippen LogP contribution in [0.3, 0.4) is 0 Å². The van der Waals surface area contributed by atoms with Crippen molar-refractivity contribution in [1.82, 2.24) is 0 Å². The highest BCUT2D eigenvalue weighted by Gasteiger charge is 1.85. The second-order valence-corrected chi connectivity index (χ2v) is 2.07. The van der Waals surface area contributed by atoms with Crippen molar-refractivity contribution >= 4 is 0 Å². The summed E-state index contributed by atoms with van der Waals surface area (Å²) in [6.07, 6.45) is 8.79. The predicted octanol–water partition coefficient (Wildman–Crippen LogP) is 4.34. The summed E-state index contributed by atoms with van der Waals surface area (Å²) in [5, 5.41) is 0. The van der Waals surface area contributed by atoms with Crippen LogP contribution in [0.4, 0.5) is 0 Å². The maximum absolute atomic E-state index is 2.19. The molecule has 0 aliphatic heterocycles. The van der Waals surface area contributed by atoms with Crippen molar-refractivity contribution in [1.29, 1.82) is 0 Å². The van der Waals surface area contributed by atoms with Crippen LogP contribution in [0.15, 0.2) is 23.8 Å². The number of allylic oxidation sites excluding steroid dienone is 4. The maximum atomic E-state index is 2.19. The van der Waals surface area contributed by atoms with Crippen LogP contribution in [0.5, 0.6) is 0 Å². The van der Waals surface area contributed by atoms with Crippen molar-refractivity contribution in [3.8, 4) is 0 Å².